The van der Waals surface area contributed by atoms with Crippen LogP contribution in [-0.4, -0.2) is 23.8 Å². The SMILES string of the molecule is C#C[C@@H](O)C(=O)OCC. The van der Waals surface area contributed by atoms with Gasteiger partial charge in [-0.3, -0.25) is 0 Å². The number of rotatable bonds is 2. The summed E-state index contributed by atoms with van der Waals surface area (Å²) in [6, 6.07) is 0. The molecule has 0 aliphatic rings. The van der Waals surface area contributed by atoms with Crippen LogP contribution in [0.1, 0.15) is 6.92 Å². The van der Waals surface area contributed by atoms with Crippen molar-refractivity contribution in [3.63, 3.8) is 0 Å². The van der Waals surface area contributed by atoms with Crippen LogP contribution < -0.4 is 0 Å². The van der Waals surface area contributed by atoms with E-state index in [0.29, 0.717) is 0 Å². The van der Waals surface area contributed by atoms with E-state index >= 15 is 0 Å². The molecule has 50 valence electrons. The van der Waals surface area contributed by atoms with Gasteiger partial charge >= 0.3 is 5.97 Å². The lowest BCUT2D eigenvalue weighted by Crippen LogP contribution is -2.20. The van der Waals surface area contributed by atoms with Crippen molar-refractivity contribution >= 4 is 5.97 Å². The smallest absolute Gasteiger partial charge is 0.347 e. The van der Waals surface area contributed by atoms with Gasteiger partial charge in [0.1, 0.15) is 0 Å². The van der Waals surface area contributed by atoms with Gasteiger partial charge < -0.3 is 9.84 Å². The molecular formula is C6H8O3. The Hall–Kier alpha value is -1.01. The molecule has 0 aliphatic heterocycles. The van der Waals surface area contributed by atoms with E-state index in [2.05, 4.69) is 4.74 Å². The van der Waals surface area contributed by atoms with Crippen LogP contribution in [0.15, 0.2) is 0 Å². The molecule has 0 aromatic heterocycles. The van der Waals surface area contributed by atoms with Gasteiger partial charge in [-0.05, 0) is 6.92 Å². The average molecular weight is 128 g/mol. The third-order valence-corrected chi connectivity index (χ3v) is 0.668. The van der Waals surface area contributed by atoms with Gasteiger partial charge in [-0.2, -0.15) is 0 Å². The van der Waals surface area contributed by atoms with E-state index in [1.54, 1.807) is 6.92 Å². The summed E-state index contributed by atoms with van der Waals surface area (Å²) in [5, 5.41) is 8.55. The predicted molar refractivity (Wildman–Crippen MR) is 31.5 cm³/mol. The van der Waals surface area contributed by atoms with E-state index in [1.165, 1.54) is 0 Å². The van der Waals surface area contributed by atoms with Gasteiger partial charge in [0.15, 0.2) is 0 Å². The molecule has 0 aromatic rings. The second kappa shape index (κ2) is 3.93. The molecule has 0 fully saturated rings. The van der Waals surface area contributed by atoms with E-state index in [9.17, 15) is 4.79 Å². The standard InChI is InChI=1S/C6H8O3/c1-3-5(7)6(8)9-4-2/h1,5,7H,4H2,2H3/t5-/m1/s1. The second-order valence-corrected chi connectivity index (χ2v) is 1.32. The largest absolute Gasteiger partial charge is 0.463 e. The van der Waals surface area contributed by atoms with E-state index in [4.69, 9.17) is 11.5 Å². The third kappa shape index (κ3) is 2.73. The van der Waals surface area contributed by atoms with Crippen LogP contribution in [0.4, 0.5) is 0 Å². The van der Waals surface area contributed by atoms with Crippen LogP contribution >= 0.6 is 0 Å². The molecule has 0 heterocycles. The molecule has 0 aliphatic carbocycles. The Morgan fingerprint density at radius 1 is 2.00 bits per heavy atom. The maximum absolute atomic E-state index is 10.4. The summed E-state index contributed by atoms with van der Waals surface area (Å²) in [6.07, 6.45) is 3.29. The van der Waals surface area contributed by atoms with Crippen LogP contribution in [-0.2, 0) is 9.53 Å². The minimum absolute atomic E-state index is 0.234. The zero-order valence-electron chi connectivity index (χ0n) is 5.13. The summed E-state index contributed by atoms with van der Waals surface area (Å²) in [6.45, 7) is 1.87. The van der Waals surface area contributed by atoms with Crippen LogP contribution in [0.25, 0.3) is 0 Å². The van der Waals surface area contributed by atoms with Crippen molar-refractivity contribution in [2.75, 3.05) is 6.61 Å². The Kier molecular flexibility index (Phi) is 3.49. The van der Waals surface area contributed by atoms with E-state index in [0.717, 1.165) is 0 Å². The molecule has 1 N–H and O–H groups in total. The third-order valence-electron chi connectivity index (χ3n) is 0.668. The number of aliphatic hydroxyl groups excluding tert-OH is 1. The second-order valence-electron chi connectivity index (χ2n) is 1.32. The van der Waals surface area contributed by atoms with Crippen molar-refractivity contribution in [1.82, 2.24) is 0 Å². The number of ether oxygens (including phenoxy) is 1. The summed E-state index contributed by atoms with van der Waals surface area (Å²) in [5.74, 6) is 1.07. The molecule has 0 saturated carbocycles. The van der Waals surface area contributed by atoms with Crippen LogP contribution in [0.2, 0.25) is 0 Å². The number of terminal acetylenes is 1. The Bertz CT molecular complexity index is 134. The molecule has 0 radical (unpaired) electrons. The first-order chi connectivity index (χ1) is 4.22. The maximum atomic E-state index is 10.4. The number of carbonyl (C=O) groups is 1. The highest BCUT2D eigenvalue weighted by molar-refractivity contribution is 5.77. The van der Waals surface area contributed by atoms with E-state index in [1.807, 2.05) is 5.92 Å². The molecular weight excluding hydrogens is 120 g/mol. The first-order valence-electron chi connectivity index (χ1n) is 2.53. The number of esters is 1. The van der Waals surface area contributed by atoms with Gasteiger partial charge in [0.25, 0.3) is 0 Å². The number of aliphatic hydroxyl groups is 1. The normalized spacial score (nSPS) is 11.7. The predicted octanol–water partition coefficient (Wildman–Crippen LogP) is -0.456. The fraction of sp³-hybridized carbons (Fsp3) is 0.500. The Morgan fingerprint density at radius 3 is 2.89 bits per heavy atom. The van der Waals surface area contributed by atoms with Crippen LogP contribution in [0, 0.1) is 12.3 Å². The Balaban J connectivity index is 3.63. The minimum atomic E-state index is -1.41. The molecule has 3 nitrogen and oxygen atoms in total. The topological polar surface area (TPSA) is 46.5 Å². The van der Waals surface area contributed by atoms with Crippen molar-refractivity contribution in [1.29, 1.82) is 0 Å². The van der Waals surface area contributed by atoms with Crippen molar-refractivity contribution < 1.29 is 14.6 Å². The van der Waals surface area contributed by atoms with Crippen molar-refractivity contribution in [2.45, 2.75) is 13.0 Å². The maximum Gasteiger partial charge on any atom is 0.347 e. The highest BCUT2D eigenvalue weighted by atomic mass is 16.5. The molecule has 0 rings (SSSR count). The molecule has 0 aromatic carbocycles. The average Bonchev–Trinajstić information content (AvgIpc) is 1.87. The van der Waals surface area contributed by atoms with Gasteiger partial charge in [0.05, 0.1) is 6.61 Å². The first-order valence-corrected chi connectivity index (χ1v) is 2.53. The molecule has 0 spiro atoms. The van der Waals surface area contributed by atoms with Gasteiger partial charge in [-0.15, -0.1) is 6.42 Å². The fourth-order valence-electron chi connectivity index (χ4n) is 0.289. The van der Waals surface area contributed by atoms with Crippen molar-refractivity contribution in [3.8, 4) is 12.3 Å². The molecule has 0 saturated heterocycles. The molecule has 0 bridgehead atoms. The van der Waals surface area contributed by atoms with Crippen LogP contribution in [0.5, 0.6) is 0 Å². The van der Waals surface area contributed by atoms with Gasteiger partial charge in [0, 0.05) is 0 Å². The fourth-order valence-corrected chi connectivity index (χ4v) is 0.289. The lowest BCUT2D eigenvalue weighted by atomic mass is 10.4. The molecule has 9 heavy (non-hydrogen) atoms. The molecule has 0 amide bonds. The monoisotopic (exact) mass is 128 g/mol. The lowest BCUT2D eigenvalue weighted by Gasteiger charge is -2.00. The van der Waals surface area contributed by atoms with Gasteiger partial charge in [-0.25, -0.2) is 4.79 Å². The van der Waals surface area contributed by atoms with Crippen LogP contribution in [0.3, 0.4) is 0 Å². The van der Waals surface area contributed by atoms with Crippen molar-refractivity contribution in [2.24, 2.45) is 0 Å². The highest BCUT2D eigenvalue weighted by Crippen LogP contribution is 1.84. The Labute approximate surface area is 53.6 Å². The van der Waals surface area contributed by atoms with E-state index in [-0.39, 0.29) is 6.61 Å². The lowest BCUT2D eigenvalue weighted by molar-refractivity contribution is -0.149. The molecule has 1 atom stereocenters. The quantitative estimate of drug-likeness (QED) is 0.404. The Morgan fingerprint density at radius 2 is 2.56 bits per heavy atom. The highest BCUT2D eigenvalue weighted by Gasteiger charge is 2.10. The first kappa shape index (κ1) is 7.99. The zero-order chi connectivity index (χ0) is 7.28. The van der Waals surface area contributed by atoms with Crippen molar-refractivity contribution in [3.05, 3.63) is 0 Å². The number of carbonyl (C=O) groups excluding carboxylic acids is 1. The van der Waals surface area contributed by atoms with Gasteiger partial charge in [-0.1, -0.05) is 5.92 Å². The molecule has 3 heteroatoms. The number of hydrogen-bond acceptors (Lipinski definition) is 3. The molecule has 0 unspecified atom stereocenters. The summed E-state index contributed by atoms with van der Waals surface area (Å²) >= 11 is 0. The van der Waals surface area contributed by atoms with Gasteiger partial charge in [0.2, 0.25) is 6.10 Å². The minimum Gasteiger partial charge on any atom is -0.463 e. The summed E-state index contributed by atoms with van der Waals surface area (Å²) in [5.41, 5.74) is 0. The summed E-state index contributed by atoms with van der Waals surface area (Å²) in [4.78, 5) is 10.4. The zero-order valence-corrected chi connectivity index (χ0v) is 5.13. The summed E-state index contributed by atoms with van der Waals surface area (Å²) < 4.78 is 4.36. The number of hydrogen-bond donors (Lipinski definition) is 1. The summed E-state index contributed by atoms with van der Waals surface area (Å²) in [7, 11) is 0. The van der Waals surface area contributed by atoms with E-state index < -0.39 is 12.1 Å².